The third-order valence-corrected chi connectivity index (χ3v) is 4.04. The molecule has 0 bridgehead atoms. The Labute approximate surface area is 152 Å². The number of ether oxygens (including phenoxy) is 1. The molecule has 9 heteroatoms. The van der Waals surface area contributed by atoms with Crippen LogP contribution in [0.3, 0.4) is 0 Å². The Morgan fingerprint density at radius 2 is 1.88 bits per heavy atom. The molecule has 0 aliphatic heterocycles. The standard InChI is InChI=1S/C17H13N3O5S/c18-9-10-26-15-4-2-1-3-14(15)19-16(21)11-25-17(22)12-5-7-13(8-6-12)20(23)24/h1-8H,10-11H2,(H,19,21). The number of anilines is 1. The van der Waals surface area contributed by atoms with Crippen molar-refractivity contribution in [2.24, 2.45) is 0 Å². The molecule has 0 aromatic heterocycles. The van der Waals surface area contributed by atoms with Crippen LogP contribution in [0.2, 0.25) is 0 Å². The first-order chi connectivity index (χ1) is 12.5. The van der Waals surface area contributed by atoms with Gasteiger partial charge in [-0.25, -0.2) is 4.79 Å². The van der Waals surface area contributed by atoms with Crippen LogP contribution in [0.4, 0.5) is 11.4 Å². The van der Waals surface area contributed by atoms with Crippen LogP contribution in [0.25, 0.3) is 0 Å². The van der Waals surface area contributed by atoms with Crippen LogP contribution in [0.5, 0.6) is 0 Å². The van der Waals surface area contributed by atoms with Crippen LogP contribution in [0.15, 0.2) is 53.4 Å². The van der Waals surface area contributed by atoms with Crippen LogP contribution in [0.1, 0.15) is 10.4 Å². The third-order valence-electron chi connectivity index (χ3n) is 3.10. The summed E-state index contributed by atoms with van der Waals surface area (Å²) in [5.41, 5.74) is 0.475. The molecule has 2 rings (SSSR count). The molecule has 0 unspecified atom stereocenters. The number of non-ortho nitro benzene ring substituents is 1. The molecule has 8 nitrogen and oxygen atoms in total. The zero-order chi connectivity index (χ0) is 18.9. The van der Waals surface area contributed by atoms with E-state index in [4.69, 9.17) is 10.00 Å². The largest absolute Gasteiger partial charge is 0.452 e. The Kier molecular flexibility index (Phi) is 6.70. The second kappa shape index (κ2) is 9.19. The molecule has 0 spiro atoms. The minimum atomic E-state index is -0.762. The number of thioether (sulfide) groups is 1. The minimum absolute atomic E-state index is 0.105. The number of nitro benzene ring substituents is 1. The molecule has 0 saturated carbocycles. The number of hydrogen-bond donors (Lipinski definition) is 1. The lowest BCUT2D eigenvalue weighted by atomic mass is 10.2. The number of benzene rings is 2. The SMILES string of the molecule is N#CCSc1ccccc1NC(=O)COC(=O)c1ccc([N+](=O)[O-])cc1. The molecule has 1 N–H and O–H groups in total. The summed E-state index contributed by atoms with van der Waals surface area (Å²) < 4.78 is 4.90. The quantitative estimate of drug-likeness (QED) is 0.343. The zero-order valence-electron chi connectivity index (χ0n) is 13.4. The Hall–Kier alpha value is -3.38. The summed E-state index contributed by atoms with van der Waals surface area (Å²) in [5.74, 6) is -1.06. The number of esters is 1. The second-order valence-electron chi connectivity index (χ2n) is 4.87. The summed E-state index contributed by atoms with van der Waals surface area (Å²) in [5, 5.41) is 21.8. The van der Waals surface area contributed by atoms with E-state index in [1.807, 2.05) is 6.07 Å². The maximum atomic E-state index is 12.0. The lowest BCUT2D eigenvalue weighted by molar-refractivity contribution is -0.384. The van der Waals surface area contributed by atoms with Gasteiger partial charge in [0, 0.05) is 17.0 Å². The van der Waals surface area contributed by atoms with Crippen molar-refractivity contribution in [3.63, 3.8) is 0 Å². The van der Waals surface area contributed by atoms with Crippen LogP contribution in [-0.2, 0) is 9.53 Å². The normalized spacial score (nSPS) is 9.81. The van der Waals surface area contributed by atoms with Gasteiger partial charge in [-0.15, -0.1) is 11.8 Å². The van der Waals surface area contributed by atoms with E-state index in [2.05, 4.69) is 5.32 Å². The first-order valence-electron chi connectivity index (χ1n) is 7.31. The molecule has 132 valence electrons. The Bertz CT molecular complexity index is 861. The van der Waals surface area contributed by atoms with Gasteiger partial charge >= 0.3 is 5.97 Å². The summed E-state index contributed by atoms with van der Waals surface area (Å²) in [6.07, 6.45) is 0. The Balaban J connectivity index is 1.91. The molecule has 2 aromatic rings. The Morgan fingerprint density at radius 1 is 1.19 bits per heavy atom. The fourth-order valence-electron chi connectivity index (χ4n) is 1.93. The summed E-state index contributed by atoms with van der Waals surface area (Å²) in [4.78, 5) is 34.6. The Morgan fingerprint density at radius 3 is 2.54 bits per heavy atom. The topological polar surface area (TPSA) is 122 Å². The molecule has 0 heterocycles. The van der Waals surface area contributed by atoms with Gasteiger partial charge in [-0.3, -0.25) is 14.9 Å². The molecule has 1 amide bonds. The van der Waals surface area contributed by atoms with Crippen molar-refractivity contribution >= 4 is 35.0 Å². The first-order valence-corrected chi connectivity index (χ1v) is 8.30. The molecule has 26 heavy (non-hydrogen) atoms. The van der Waals surface area contributed by atoms with Gasteiger partial charge in [0.15, 0.2) is 6.61 Å². The first kappa shape index (κ1) is 19.0. The van der Waals surface area contributed by atoms with Crippen molar-refractivity contribution in [1.29, 1.82) is 5.26 Å². The summed E-state index contributed by atoms with van der Waals surface area (Å²) >= 11 is 1.28. The molecule has 0 saturated heterocycles. The van der Waals surface area contributed by atoms with E-state index in [1.54, 1.807) is 24.3 Å². The van der Waals surface area contributed by atoms with Crippen molar-refractivity contribution in [2.75, 3.05) is 17.7 Å². The molecular weight excluding hydrogens is 358 g/mol. The number of nitrogens with one attached hydrogen (secondary N) is 1. The van der Waals surface area contributed by atoms with Gasteiger partial charge < -0.3 is 10.1 Å². The lowest BCUT2D eigenvalue weighted by Gasteiger charge is -2.10. The molecule has 0 radical (unpaired) electrons. The number of hydrogen-bond acceptors (Lipinski definition) is 7. The number of nitriles is 1. The van der Waals surface area contributed by atoms with Crippen LogP contribution < -0.4 is 5.32 Å². The number of nitrogens with zero attached hydrogens (tertiary/aromatic N) is 2. The average molecular weight is 371 g/mol. The van der Waals surface area contributed by atoms with E-state index >= 15 is 0 Å². The fourth-order valence-corrected chi connectivity index (χ4v) is 2.60. The maximum Gasteiger partial charge on any atom is 0.338 e. The number of nitro groups is 1. The summed E-state index contributed by atoms with van der Waals surface area (Å²) in [7, 11) is 0. The number of carbonyl (C=O) groups is 2. The van der Waals surface area contributed by atoms with Crippen LogP contribution >= 0.6 is 11.8 Å². The predicted octanol–water partition coefficient (Wildman–Crippen LogP) is 3.01. The van der Waals surface area contributed by atoms with E-state index in [9.17, 15) is 19.7 Å². The van der Waals surface area contributed by atoms with Gasteiger partial charge in [-0.05, 0) is 24.3 Å². The van der Waals surface area contributed by atoms with E-state index in [1.165, 1.54) is 36.0 Å². The van der Waals surface area contributed by atoms with E-state index < -0.39 is 23.4 Å². The molecule has 0 atom stereocenters. The monoisotopic (exact) mass is 371 g/mol. The summed E-state index contributed by atoms with van der Waals surface area (Å²) in [6.45, 7) is -0.507. The van der Waals surface area contributed by atoms with Crippen molar-refractivity contribution in [3.8, 4) is 6.07 Å². The maximum absolute atomic E-state index is 12.0. The highest BCUT2D eigenvalue weighted by molar-refractivity contribution is 7.99. The predicted molar refractivity (Wildman–Crippen MR) is 94.8 cm³/mol. The number of para-hydroxylation sites is 1. The number of rotatable bonds is 7. The van der Waals surface area contributed by atoms with Crippen molar-refractivity contribution in [3.05, 3.63) is 64.2 Å². The number of carbonyl (C=O) groups excluding carboxylic acids is 2. The van der Waals surface area contributed by atoms with Gasteiger partial charge in [-0.1, -0.05) is 12.1 Å². The highest BCUT2D eigenvalue weighted by Gasteiger charge is 2.13. The van der Waals surface area contributed by atoms with Crippen LogP contribution in [-0.4, -0.2) is 29.2 Å². The highest BCUT2D eigenvalue weighted by Crippen LogP contribution is 2.26. The zero-order valence-corrected chi connectivity index (χ0v) is 14.2. The van der Waals surface area contributed by atoms with E-state index in [-0.39, 0.29) is 17.0 Å². The van der Waals surface area contributed by atoms with E-state index in [0.29, 0.717) is 5.69 Å². The summed E-state index contributed by atoms with van der Waals surface area (Å²) in [6, 6.07) is 13.8. The van der Waals surface area contributed by atoms with Gasteiger partial charge in [0.05, 0.1) is 28.0 Å². The molecule has 0 aliphatic carbocycles. The van der Waals surface area contributed by atoms with Gasteiger partial charge in [0.25, 0.3) is 11.6 Å². The highest BCUT2D eigenvalue weighted by atomic mass is 32.2. The second-order valence-corrected chi connectivity index (χ2v) is 5.89. The lowest BCUT2D eigenvalue weighted by Crippen LogP contribution is -2.21. The van der Waals surface area contributed by atoms with Gasteiger partial charge in [0.2, 0.25) is 0 Å². The average Bonchev–Trinajstić information content (AvgIpc) is 2.65. The van der Waals surface area contributed by atoms with E-state index in [0.717, 1.165) is 4.90 Å². The third kappa shape index (κ3) is 5.32. The molecule has 0 fully saturated rings. The molecule has 0 aliphatic rings. The molecular formula is C17H13N3O5S. The van der Waals surface area contributed by atoms with Crippen molar-refractivity contribution in [2.45, 2.75) is 4.90 Å². The van der Waals surface area contributed by atoms with Gasteiger partial charge in [-0.2, -0.15) is 5.26 Å². The van der Waals surface area contributed by atoms with Gasteiger partial charge in [0.1, 0.15) is 0 Å². The molecule has 2 aromatic carbocycles. The minimum Gasteiger partial charge on any atom is -0.452 e. The number of amides is 1. The smallest absolute Gasteiger partial charge is 0.338 e. The van der Waals surface area contributed by atoms with Crippen molar-refractivity contribution in [1.82, 2.24) is 0 Å². The van der Waals surface area contributed by atoms with Crippen LogP contribution in [0, 0.1) is 21.4 Å². The fraction of sp³-hybridized carbons (Fsp3) is 0.118. The van der Waals surface area contributed by atoms with Crippen molar-refractivity contribution < 1.29 is 19.2 Å².